The molecule has 0 amide bonds. The summed E-state index contributed by atoms with van der Waals surface area (Å²) < 4.78 is 0. The number of nitrogens with zero attached hydrogens (tertiary/aromatic N) is 2. The third-order valence-electron chi connectivity index (χ3n) is 3.56. The Bertz CT molecular complexity index is 309. The lowest BCUT2D eigenvalue weighted by molar-refractivity contribution is 0.322. The Morgan fingerprint density at radius 2 is 2.22 bits per heavy atom. The molecule has 1 heterocycles. The minimum Gasteiger partial charge on any atom is -0.357 e. The monoisotopic (exact) mass is 363 g/mol. The number of terminal acetylenes is 1. The van der Waals surface area contributed by atoms with Crippen LogP contribution in [0.4, 0.5) is 0 Å². The molecule has 3 nitrogen and oxygen atoms in total. The van der Waals surface area contributed by atoms with Crippen LogP contribution in [-0.4, -0.2) is 37.0 Å². The van der Waals surface area contributed by atoms with E-state index in [-0.39, 0.29) is 24.0 Å². The molecule has 0 aliphatic carbocycles. The van der Waals surface area contributed by atoms with Crippen molar-refractivity contribution in [3.8, 4) is 12.3 Å². The fourth-order valence-corrected chi connectivity index (χ4v) is 2.15. The number of nitrogens with one attached hydrogen (secondary N) is 1. The normalized spacial score (nSPS) is 23.4. The molecule has 0 spiro atoms. The Morgan fingerprint density at radius 1 is 1.50 bits per heavy atom. The standard InChI is InChI=1S/C14H25N3.HI/c1-5-8-10-16-13(15-7-3)17-11-9-14(4,6-2)12-17;/h1H,6-12H2,2-4H3,(H,15,16);1H. The van der Waals surface area contributed by atoms with E-state index in [1.807, 2.05) is 0 Å². The van der Waals surface area contributed by atoms with E-state index >= 15 is 0 Å². The first-order valence-electron chi connectivity index (χ1n) is 6.62. The van der Waals surface area contributed by atoms with Crippen LogP contribution in [0.3, 0.4) is 0 Å². The summed E-state index contributed by atoms with van der Waals surface area (Å²) in [6, 6.07) is 0. The van der Waals surface area contributed by atoms with Gasteiger partial charge in [-0.05, 0) is 25.2 Å². The van der Waals surface area contributed by atoms with Gasteiger partial charge in [0.2, 0.25) is 0 Å². The number of rotatable bonds is 4. The van der Waals surface area contributed by atoms with E-state index < -0.39 is 0 Å². The highest BCUT2D eigenvalue weighted by atomic mass is 127. The fraction of sp³-hybridized carbons (Fsp3) is 0.786. The SMILES string of the molecule is C#CCCN=C(NCC)N1CCC(C)(CC)C1.I. The predicted molar refractivity (Wildman–Crippen MR) is 89.4 cm³/mol. The second kappa shape index (κ2) is 8.63. The van der Waals surface area contributed by atoms with Gasteiger partial charge in [0.1, 0.15) is 0 Å². The Kier molecular flexibility index (Phi) is 8.41. The smallest absolute Gasteiger partial charge is 0.193 e. The average molecular weight is 363 g/mol. The van der Waals surface area contributed by atoms with Gasteiger partial charge in [-0.2, -0.15) is 0 Å². The van der Waals surface area contributed by atoms with Crippen molar-refractivity contribution in [2.45, 2.75) is 40.0 Å². The molecule has 18 heavy (non-hydrogen) atoms. The van der Waals surface area contributed by atoms with Crippen LogP contribution in [0.1, 0.15) is 40.0 Å². The van der Waals surface area contributed by atoms with Crippen LogP contribution in [0.25, 0.3) is 0 Å². The molecule has 0 aromatic rings. The van der Waals surface area contributed by atoms with Gasteiger partial charge in [-0.25, -0.2) is 0 Å². The highest BCUT2D eigenvalue weighted by Gasteiger charge is 2.33. The maximum atomic E-state index is 5.25. The number of aliphatic imine (C=N–C) groups is 1. The van der Waals surface area contributed by atoms with Gasteiger partial charge in [0.15, 0.2) is 5.96 Å². The zero-order chi connectivity index (χ0) is 12.7. The summed E-state index contributed by atoms with van der Waals surface area (Å²) in [6.45, 7) is 10.6. The zero-order valence-electron chi connectivity index (χ0n) is 11.8. The van der Waals surface area contributed by atoms with E-state index in [1.165, 1.54) is 12.8 Å². The van der Waals surface area contributed by atoms with Crippen LogP contribution in [0.2, 0.25) is 0 Å². The van der Waals surface area contributed by atoms with Gasteiger partial charge >= 0.3 is 0 Å². The molecule has 1 unspecified atom stereocenters. The van der Waals surface area contributed by atoms with E-state index in [1.54, 1.807) is 0 Å². The Labute approximate surface area is 129 Å². The minimum atomic E-state index is 0. The molecular weight excluding hydrogens is 337 g/mol. The lowest BCUT2D eigenvalue weighted by atomic mass is 9.87. The van der Waals surface area contributed by atoms with E-state index in [9.17, 15) is 0 Å². The average Bonchev–Trinajstić information content (AvgIpc) is 2.72. The van der Waals surface area contributed by atoms with Crippen LogP contribution in [-0.2, 0) is 0 Å². The molecule has 0 bridgehead atoms. The molecule has 4 heteroatoms. The number of likely N-dealkylation sites (tertiary alicyclic amines) is 1. The Hall–Kier alpha value is -0.440. The van der Waals surface area contributed by atoms with Crippen molar-refractivity contribution in [2.75, 3.05) is 26.2 Å². The molecule has 0 aromatic heterocycles. The molecule has 1 N–H and O–H groups in total. The molecule has 0 radical (unpaired) electrons. The highest BCUT2D eigenvalue weighted by Crippen LogP contribution is 2.32. The first-order chi connectivity index (χ1) is 8.15. The quantitative estimate of drug-likeness (QED) is 0.274. The van der Waals surface area contributed by atoms with Crippen molar-refractivity contribution in [3.05, 3.63) is 0 Å². The largest absolute Gasteiger partial charge is 0.357 e. The number of guanidine groups is 1. The lowest BCUT2D eigenvalue weighted by Gasteiger charge is -2.25. The van der Waals surface area contributed by atoms with Crippen molar-refractivity contribution >= 4 is 29.9 Å². The summed E-state index contributed by atoms with van der Waals surface area (Å²) in [5.41, 5.74) is 0.447. The van der Waals surface area contributed by atoms with Gasteiger partial charge in [0.05, 0.1) is 6.54 Å². The van der Waals surface area contributed by atoms with E-state index in [0.29, 0.717) is 11.8 Å². The van der Waals surface area contributed by atoms with Crippen molar-refractivity contribution in [2.24, 2.45) is 10.4 Å². The van der Waals surface area contributed by atoms with E-state index in [2.05, 4.69) is 41.9 Å². The van der Waals surface area contributed by atoms with Crippen molar-refractivity contribution < 1.29 is 0 Å². The second-order valence-corrected chi connectivity index (χ2v) is 5.03. The third kappa shape index (κ3) is 5.05. The predicted octanol–water partition coefficient (Wildman–Crippen LogP) is 2.72. The Morgan fingerprint density at radius 3 is 2.72 bits per heavy atom. The number of hydrogen-bond acceptors (Lipinski definition) is 1. The fourth-order valence-electron chi connectivity index (χ4n) is 2.15. The zero-order valence-corrected chi connectivity index (χ0v) is 14.2. The first-order valence-corrected chi connectivity index (χ1v) is 6.62. The summed E-state index contributed by atoms with van der Waals surface area (Å²) in [5.74, 6) is 3.66. The van der Waals surface area contributed by atoms with Gasteiger partial charge < -0.3 is 10.2 Å². The molecule has 1 rings (SSSR count). The van der Waals surface area contributed by atoms with Crippen LogP contribution in [0, 0.1) is 17.8 Å². The lowest BCUT2D eigenvalue weighted by Crippen LogP contribution is -2.41. The van der Waals surface area contributed by atoms with E-state index in [0.717, 1.165) is 32.1 Å². The van der Waals surface area contributed by atoms with Crippen LogP contribution >= 0.6 is 24.0 Å². The van der Waals surface area contributed by atoms with Crippen LogP contribution in [0.15, 0.2) is 4.99 Å². The molecule has 1 fully saturated rings. The van der Waals surface area contributed by atoms with E-state index in [4.69, 9.17) is 6.42 Å². The topological polar surface area (TPSA) is 27.6 Å². The third-order valence-corrected chi connectivity index (χ3v) is 3.56. The van der Waals surface area contributed by atoms with Crippen LogP contribution in [0.5, 0.6) is 0 Å². The molecule has 104 valence electrons. The molecule has 0 aromatic carbocycles. The van der Waals surface area contributed by atoms with Gasteiger partial charge in [-0.1, -0.05) is 13.8 Å². The van der Waals surface area contributed by atoms with Gasteiger partial charge in [-0.3, -0.25) is 4.99 Å². The summed E-state index contributed by atoms with van der Waals surface area (Å²) in [7, 11) is 0. The molecule has 1 aliphatic heterocycles. The van der Waals surface area contributed by atoms with Gasteiger partial charge in [0.25, 0.3) is 0 Å². The molecule has 1 saturated heterocycles. The maximum absolute atomic E-state index is 5.25. The van der Waals surface area contributed by atoms with Gasteiger partial charge in [-0.15, -0.1) is 36.3 Å². The summed E-state index contributed by atoms with van der Waals surface area (Å²) >= 11 is 0. The molecule has 0 saturated carbocycles. The summed E-state index contributed by atoms with van der Waals surface area (Å²) in [5, 5.41) is 3.35. The van der Waals surface area contributed by atoms with Crippen molar-refractivity contribution in [1.82, 2.24) is 10.2 Å². The summed E-state index contributed by atoms with van der Waals surface area (Å²) in [6.07, 6.45) is 8.45. The second-order valence-electron chi connectivity index (χ2n) is 5.03. The minimum absolute atomic E-state index is 0. The number of hydrogen-bond donors (Lipinski definition) is 1. The molecule has 1 aliphatic rings. The highest BCUT2D eigenvalue weighted by molar-refractivity contribution is 14.0. The number of halogens is 1. The van der Waals surface area contributed by atoms with Crippen LogP contribution < -0.4 is 5.32 Å². The Balaban J connectivity index is 0.00000289. The molecule has 1 atom stereocenters. The maximum Gasteiger partial charge on any atom is 0.193 e. The summed E-state index contributed by atoms with van der Waals surface area (Å²) in [4.78, 5) is 6.94. The van der Waals surface area contributed by atoms with Crippen molar-refractivity contribution in [1.29, 1.82) is 0 Å². The molecular formula is C14H26IN3. The van der Waals surface area contributed by atoms with Crippen molar-refractivity contribution in [3.63, 3.8) is 0 Å². The van der Waals surface area contributed by atoms with Gasteiger partial charge in [0, 0.05) is 26.1 Å². The first kappa shape index (κ1) is 17.6.